The van der Waals surface area contributed by atoms with Crippen LogP contribution < -0.4 is 0 Å². The van der Waals surface area contributed by atoms with Crippen molar-refractivity contribution in [3.63, 3.8) is 0 Å². The second kappa shape index (κ2) is 4.21. The highest BCUT2D eigenvalue weighted by atomic mass is 32.2. The number of benzene rings is 1. The van der Waals surface area contributed by atoms with Crippen LogP contribution in [-0.4, -0.2) is 20.2 Å². The van der Waals surface area contributed by atoms with E-state index < -0.39 is 16.4 Å². The Kier molecular flexibility index (Phi) is 2.83. The molecule has 0 aromatic heterocycles. The molecule has 0 saturated heterocycles. The molecule has 3 rings (SSSR count). The van der Waals surface area contributed by atoms with Crippen LogP contribution in [0.5, 0.6) is 0 Å². The summed E-state index contributed by atoms with van der Waals surface area (Å²) in [6, 6.07) is 9.55. The number of hydrogen-bond donors (Lipinski definition) is 1. The predicted molar refractivity (Wildman–Crippen MR) is 68.2 cm³/mol. The normalized spacial score (nSPS) is 37.9. The minimum Gasteiger partial charge on any atom is -0.388 e. The van der Waals surface area contributed by atoms with Crippen molar-refractivity contribution < 1.29 is 9.32 Å². The first kappa shape index (κ1) is 11.4. The molecule has 3 heteroatoms. The van der Waals surface area contributed by atoms with Gasteiger partial charge in [0.2, 0.25) is 0 Å². The highest BCUT2D eigenvalue weighted by Crippen LogP contribution is 2.51. The van der Waals surface area contributed by atoms with Gasteiger partial charge >= 0.3 is 0 Å². The summed E-state index contributed by atoms with van der Waals surface area (Å²) >= 11 is 0. The Balaban J connectivity index is 1.81. The Morgan fingerprint density at radius 1 is 1.24 bits per heavy atom. The van der Waals surface area contributed by atoms with Gasteiger partial charge in [0.15, 0.2) is 0 Å². The van der Waals surface area contributed by atoms with Crippen LogP contribution >= 0.6 is 0 Å². The minimum atomic E-state index is -1.05. The average molecular weight is 250 g/mol. The van der Waals surface area contributed by atoms with E-state index in [2.05, 4.69) is 0 Å². The molecule has 0 radical (unpaired) electrons. The number of aliphatic hydroxyl groups is 1. The maximum atomic E-state index is 12.4. The molecule has 0 amide bonds. The molecule has 92 valence electrons. The summed E-state index contributed by atoms with van der Waals surface area (Å²) in [7, 11) is -1.05. The number of rotatable bonds is 2. The second-order valence-electron chi connectivity index (χ2n) is 5.27. The molecule has 0 spiro atoms. The van der Waals surface area contributed by atoms with Crippen LogP contribution in [0, 0.1) is 5.92 Å². The van der Waals surface area contributed by atoms with Crippen molar-refractivity contribution in [2.24, 2.45) is 5.92 Å². The molecule has 0 heterocycles. The molecule has 2 nitrogen and oxygen atoms in total. The van der Waals surface area contributed by atoms with Gasteiger partial charge in [0.25, 0.3) is 0 Å². The van der Waals surface area contributed by atoms with E-state index in [1.54, 1.807) is 0 Å². The first-order valence-corrected chi connectivity index (χ1v) is 7.61. The van der Waals surface area contributed by atoms with E-state index in [9.17, 15) is 9.32 Å². The van der Waals surface area contributed by atoms with Gasteiger partial charge in [0, 0.05) is 4.90 Å². The van der Waals surface area contributed by atoms with Crippen molar-refractivity contribution in [3.8, 4) is 0 Å². The van der Waals surface area contributed by atoms with Gasteiger partial charge in [0.1, 0.15) is 0 Å². The third kappa shape index (κ3) is 1.76. The van der Waals surface area contributed by atoms with Crippen LogP contribution in [0.15, 0.2) is 35.2 Å². The summed E-state index contributed by atoms with van der Waals surface area (Å²) in [5, 5.41) is 10.6. The van der Waals surface area contributed by atoms with Crippen LogP contribution in [-0.2, 0) is 10.8 Å². The number of fused-ring (bicyclic) bond motifs is 1. The molecule has 0 bridgehead atoms. The van der Waals surface area contributed by atoms with E-state index in [1.807, 2.05) is 30.3 Å². The van der Waals surface area contributed by atoms with Gasteiger partial charge in [-0.2, -0.15) is 0 Å². The van der Waals surface area contributed by atoms with Crippen molar-refractivity contribution in [2.45, 2.75) is 47.9 Å². The summed E-state index contributed by atoms with van der Waals surface area (Å²) in [5.74, 6) is 0.397. The van der Waals surface area contributed by atoms with Gasteiger partial charge in [0.05, 0.1) is 21.7 Å². The molecule has 4 atom stereocenters. The number of hydrogen-bond acceptors (Lipinski definition) is 2. The molecule has 17 heavy (non-hydrogen) atoms. The van der Waals surface area contributed by atoms with Gasteiger partial charge in [-0.05, 0) is 37.3 Å². The third-order valence-corrected chi connectivity index (χ3v) is 6.23. The largest absolute Gasteiger partial charge is 0.388 e. The molecule has 1 aromatic rings. The summed E-state index contributed by atoms with van der Waals surface area (Å²) in [5.41, 5.74) is -0.640. The zero-order chi connectivity index (χ0) is 11.9. The maximum Gasteiger partial charge on any atom is 0.0822 e. The Hall–Kier alpha value is -0.670. The maximum absolute atomic E-state index is 12.4. The lowest BCUT2D eigenvalue weighted by Gasteiger charge is -2.54. The van der Waals surface area contributed by atoms with E-state index in [1.165, 1.54) is 6.42 Å². The van der Waals surface area contributed by atoms with Gasteiger partial charge in [-0.25, -0.2) is 0 Å². The second-order valence-corrected chi connectivity index (χ2v) is 6.90. The minimum absolute atomic E-state index is 0.0461. The summed E-state index contributed by atoms with van der Waals surface area (Å²) in [4.78, 5) is 0.856. The fourth-order valence-corrected chi connectivity index (χ4v) is 5.13. The van der Waals surface area contributed by atoms with E-state index in [0.717, 1.165) is 30.6 Å². The fourth-order valence-electron chi connectivity index (χ4n) is 3.29. The van der Waals surface area contributed by atoms with Crippen molar-refractivity contribution in [1.82, 2.24) is 0 Å². The van der Waals surface area contributed by atoms with Crippen LogP contribution in [0.1, 0.15) is 32.1 Å². The van der Waals surface area contributed by atoms with Crippen LogP contribution in [0.25, 0.3) is 0 Å². The molecule has 2 fully saturated rings. The zero-order valence-corrected chi connectivity index (χ0v) is 10.7. The van der Waals surface area contributed by atoms with E-state index >= 15 is 0 Å². The average Bonchev–Trinajstić information content (AvgIpc) is 2.36. The molecule has 2 saturated carbocycles. The predicted octanol–water partition coefficient (Wildman–Crippen LogP) is 2.49. The topological polar surface area (TPSA) is 37.3 Å². The summed E-state index contributed by atoms with van der Waals surface area (Å²) in [6.45, 7) is 0. The van der Waals surface area contributed by atoms with Crippen molar-refractivity contribution >= 4 is 10.8 Å². The molecular weight excluding hydrogens is 232 g/mol. The fraction of sp³-hybridized carbons (Fsp3) is 0.571. The van der Waals surface area contributed by atoms with Gasteiger partial charge < -0.3 is 5.11 Å². The summed E-state index contributed by atoms with van der Waals surface area (Å²) < 4.78 is 12.4. The van der Waals surface area contributed by atoms with Crippen molar-refractivity contribution in [1.29, 1.82) is 0 Å². The molecule has 0 unspecified atom stereocenters. The Bertz CT molecular complexity index is 431. The zero-order valence-electron chi connectivity index (χ0n) is 9.84. The van der Waals surface area contributed by atoms with E-state index in [0.29, 0.717) is 5.92 Å². The van der Waals surface area contributed by atoms with Crippen molar-refractivity contribution in [3.05, 3.63) is 30.3 Å². The standard InChI is InChI=1S/C14H18O2S/c15-14-9-5-4-6-11(14)10-13(14)17(16)12-7-2-1-3-8-12/h1-3,7-8,11,13,15H,4-6,9-10H2/t11-,13-,14+,17-/m0/s1. The Labute approximate surface area is 105 Å². The highest BCUT2D eigenvalue weighted by Gasteiger charge is 2.57. The molecule has 2 aliphatic carbocycles. The van der Waals surface area contributed by atoms with Gasteiger partial charge in [-0.1, -0.05) is 31.0 Å². The lowest BCUT2D eigenvalue weighted by Crippen LogP contribution is -2.62. The monoisotopic (exact) mass is 250 g/mol. The molecular formula is C14H18O2S. The molecule has 1 aromatic carbocycles. The quantitative estimate of drug-likeness (QED) is 0.875. The molecule has 0 aliphatic heterocycles. The lowest BCUT2D eigenvalue weighted by molar-refractivity contribution is -0.113. The van der Waals surface area contributed by atoms with Crippen LogP contribution in [0.4, 0.5) is 0 Å². The molecule has 2 aliphatic rings. The first-order valence-electron chi connectivity index (χ1n) is 6.40. The SMILES string of the molecule is O=[S@@](c1ccccc1)[C@H]1C[C@@H]2CCCC[C@@]21O. The Morgan fingerprint density at radius 3 is 2.71 bits per heavy atom. The highest BCUT2D eigenvalue weighted by molar-refractivity contribution is 7.85. The van der Waals surface area contributed by atoms with Gasteiger partial charge in [-0.15, -0.1) is 0 Å². The van der Waals surface area contributed by atoms with E-state index in [-0.39, 0.29) is 5.25 Å². The molecule has 1 N–H and O–H groups in total. The van der Waals surface area contributed by atoms with E-state index in [4.69, 9.17) is 0 Å². The van der Waals surface area contributed by atoms with Crippen LogP contribution in [0.2, 0.25) is 0 Å². The first-order chi connectivity index (χ1) is 8.22. The third-order valence-electron chi connectivity index (χ3n) is 4.38. The smallest absolute Gasteiger partial charge is 0.0822 e. The van der Waals surface area contributed by atoms with Crippen LogP contribution in [0.3, 0.4) is 0 Å². The Morgan fingerprint density at radius 2 is 2.00 bits per heavy atom. The summed E-state index contributed by atoms with van der Waals surface area (Å²) in [6.07, 6.45) is 5.17. The van der Waals surface area contributed by atoms with Gasteiger partial charge in [-0.3, -0.25) is 4.21 Å². The van der Waals surface area contributed by atoms with Crippen molar-refractivity contribution in [2.75, 3.05) is 0 Å². The lowest BCUT2D eigenvalue weighted by atomic mass is 9.61.